The van der Waals surface area contributed by atoms with Crippen molar-refractivity contribution in [2.45, 2.75) is 45.8 Å². The smallest absolute Gasteiger partial charge is 0.409 e. The molecular formula is C18H31N5O2. The summed E-state index contributed by atoms with van der Waals surface area (Å²) in [7, 11) is 0. The van der Waals surface area contributed by atoms with Gasteiger partial charge in [0.05, 0.1) is 13.2 Å². The molecule has 0 saturated carbocycles. The standard InChI is InChI=1S/C18H31N5O2/c1-3-21-9-7-19-17(21)15-20-8-5-6-16(14-20)22-10-12-23(13-11-22)18(24)25-4-2/h7,9,16H,3-6,8,10-15H2,1-2H3. The Morgan fingerprint density at radius 3 is 2.76 bits per heavy atom. The SMILES string of the molecule is CCOC(=O)N1CCN(C2CCCN(Cc3nccn3CC)C2)CC1. The molecule has 2 aliphatic rings. The number of imidazole rings is 1. The minimum absolute atomic E-state index is 0.168. The molecule has 3 heterocycles. The summed E-state index contributed by atoms with van der Waals surface area (Å²) in [4.78, 5) is 23.3. The van der Waals surface area contributed by atoms with Gasteiger partial charge in [0.2, 0.25) is 0 Å². The van der Waals surface area contributed by atoms with Crippen molar-refractivity contribution in [2.75, 3.05) is 45.9 Å². The monoisotopic (exact) mass is 349 g/mol. The molecular weight excluding hydrogens is 318 g/mol. The van der Waals surface area contributed by atoms with Crippen molar-refractivity contribution >= 4 is 6.09 Å². The lowest BCUT2D eigenvalue weighted by atomic mass is 10.0. The van der Waals surface area contributed by atoms with Gasteiger partial charge in [0.15, 0.2) is 0 Å². The Morgan fingerprint density at radius 2 is 2.04 bits per heavy atom. The molecule has 0 aromatic carbocycles. The van der Waals surface area contributed by atoms with Gasteiger partial charge < -0.3 is 14.2 Å². The van der Waals surface area contributed by atoms with E-state index in [1.807, 2.05) is 18.0 Å². The van der Waals surface area contributed by atoms with Crippen LogP contribution in [0.4, 0.5) is 4.79 Å². The Labute approximate surface area is 150 Å². The average Bonchev–Trinajstić information content (AvgIpc) is 3.09. The highest BCUT2D eigenvalue weighted by Crippen LogP contribution is 2.19. The van der Waals surface area contributed by atoms with E-state index < -0.39 is 0 Å². The lowest BCUT2D eigenvalue weighted by Gasteiger charge is -2.43. The number of nitrogens with zero attached hydrogens (tertiary/aromatic N) is 5. The highest BCUT2D eigenvalue weighted by Gasteiger charge is 2.30. The second-order valence-corrected chi connectivity index (χ2v) is 6.88. The molecule has 1 aromatic rings. The molecule has 7 heteroatoms. The highest BCUT2D eigenvalue weighted by molar-refractivity contribution is 5.67. The number of hydrogen-bond donors (Lipinski definition) is 0. The van der Waals surface area contributed by atoms with Gasteiger partial charge in [-0.25, -0.2) is 9.78 Å². The lowest BCUT2D eigenvalue weighted by molar-refractivity contribution is 0.0405. The predicted molar refractivity (Wildman–Crippen MR) is 96.4 cm³/mol. The Balaban J connectivity index is 1.50. The minimum Gasteiger partial charge on any atom is -0.450 e. The summed E-state index contributed by atoms with van der Waals surface area (Å²) in [6.07, 6.45) is 6.27. The van der Waals surface area contributed by atoms with E-state index in [1.54, 1.807) is 0 Å². The third-order valence-corrected chi connectivity index (χ3v) is 5.34. The van der Waals surface area contributed by atoms with Crippen LogP contribution in [0.25, 0.3) is 0 Å². The van der Waals surface area contributed by atoms with Gasteiger partial charge in [0.25, 0.3) is 0 Å². The zero-order valence-electron chi connectivity index (χ0n) is 15.6. The van der Waals surface area contributed by atoms with Gasteiger partial charge in [0, 0.05) is 57.7 Å². The number of hydrogen-bond acceptors (Lipinski definition) is 5. The minimum atomic E-state index is -0.168. The van der Waals surface area contributed by atoms with Crippen LogP contribution in [-0.4, -0.2) is 82.3 Å². The first-order valence-electron chi connectivity index (χ1n) is 9.59. The molecule has 25 heavy (non-hydrogen) atoms. The second-order valence-electron chi connectivity index (χ2n) is 6.88. The molecule has 1 atom stereocenters. The first kappa shape index (κ1) is 18.2. The number of carbonyl (C=O) groups is 1. The van der Waals surface area contributed by atoms with E-state index >= 15 is 0 Å². The van der Waals surface area contributed by atoms with Crippen LogP contribution in [0.5, 0.6) is 0 Å². The first-order chi connectivity index (χ1) is 12.2. The summed E-state index contributed by atoms with van der Waals surface area (Å²) in [6, 6.07) is 0.586. The van der Waals surface area contributed by atoms with Gasteiger partial charge in [-0.1, -0.05) is 0 Å². The van der Waals surface area contributed by atoms with E-state index in [9.17, 15) is 4.79 Å². The number of piperidine rings is 1. The van der Waals surface area contributed by atoms with Crippen LogP contribution in [-0.2, 0) is 17.8 Å². The molecule has 1 amide bonds. The Hall–Kier alpha value is -1.60. The summed E-state index contributed by atoms with van der Waals surface area (Å²) >= 11 is 0. The van der Waals surface area contributed by atoms with Crippen LogP contribution in [0, 0.1) is 0 Å². The maximum Gasteiger partial charge on any atom is 0.409 e. The lowest BCUT2D eigenvalue weighted by Crippen LogP contribution is -2.55. The number of rotatable bonds is 5. The van der Waals surface area contributed by atoms with Crippen LogP contribution in [0.15, 0.2) is 12.4 Å². The molecule has 0 aliphatic carbocycles. The second kappa shape index (κ2) is 8.67. The Kier molecular flexibility index (Phi) is 6.31. The Bertz CT molecular complexity index is 553. The topological polar surface area (TPSA) is 53.8 Å². The molecule has 0 radical (unpaired) electrons. The van der Waals surface area contributed by atoms with Crippen LogP contribution >= 0.6 is 0 Å². The summed E-state index contributed by atoms with van der Waals surface area (Å²) in [5.41, 5.74) is 0. The molecule has 7 nitrogen and oxygen atoms in total. The van der Waals surface area contributed by atoms with Gasteiger partial charge >= 0.3 is 6.09 Å². The molecule has 140 valence electrons. The first-order valence-corrected chi connectivity index (χ1v) is 9.59. The van der Waals surface area contributed by atoms with E-state index in [1.165, 1.54) is 12.8 Å². The average molecular weight is 349 g/mol. The number of piperazine rings is 1. The fraction of sp³-hybridized carbons (Fsp3) is 0.778. The third-order valence-electron chi connectivity index (χ3n) is 5.34. The fourth-order valence-electron chi connectivity index (χ4n) is 3.94. The van der Waals surface area contributed by atoms with E-state index in [0.717, 1.165) is 58.2 Å². The molecule has 0 bridgehead atoms. The van der Waals surface area contributed by atoms with Gasteiger partial charge in [-0.3, -0.25) is 9.80 Å². The highest BCUT2D eigenvalue weighted by atomic mass is 16.6. The van der Waals surface area contributed by atoms with Gasteiger partial charge in [-0.2, -0.15) is 0 Å². The van der Waals surface area contributed by atoms with Gasteiger partial charge in [0.1, 0.15) is 5.82 Å². The van der Waals surface area contributed by atoms with E-state index in [2.05, 4.69) is 32.5 Å². The number of aryl methyl sites for hydroxylation is 1. The van der Waals surface area contributed by atoms with Gasteiger partial charge in [-0.15, -0.1) is 0 Å². The van der Waals surface area contributed by atoms with Gasteiger partial charge in [-0.05, 0) is 33.2 Å². The normalized spacial score (nSPS) is 23.0. The van der Waals surface area contributed by atoms with Crippen molar-refractivity contribution in [1.82, 2.24) is 24.3 Å². The molecule has 3 rings (SSSR count). The Morgan fingerprint density at radius 1 is 1.24 bits per heavy atom. The predicted octanol–water partition coefficient (Wildman–Crippen LogP) is 1.64. The van der Waals surface area contributed by atoms with Crippen molar-refractivity contribution in [1.29, 1.82) is 0 Å². The number of carbonyl (C=O) groups excluding carboxylic acids is 1. The van der Waals surface area contributed by atoms with Crippen LogP contribution in [0.2, 0.25) is 0 Å². The summed E-state index contributed by atoms with van der Waals surface area (Å²) in [5.74, 6) is 1.16. The summed E-state index contributed by atoms with van der Waals surface area (Å²) in [6.45, 7) is 12.0. The van der Waals surface area contributed by atoms with Crippen LogP contribution < -0.4 is 0 Å². The van der Waals surface area contributed by atoms with E-state index in [-0.39, 0.29) is 6.09 Å². The number of ether oxygens (including phenoxy) is 1. The summed E-state index contributed by atoms with van der Waals surface area (Å²) < 4.78 is 7.33. The zero-order valence-corrected chi connectivity index (χ0v) is 15.6. The van der Waals surface area contributed by atoms with Crippen molar-refractivity contribution in [3.63, 3.8) is 0 Å². The zero-order chi connectivity index (χ0) is 17.6. The molecule has 2 saturated heterocycles. The van der Waals surface area contributed by atoms with Crippen molar-refractivity contribution in [2.24, 2.45) is 0 Å². The number of aromatic nitrogens is 2. The number of likely N-dealkylation sites (tertiary alicyclic amines) is 1. The quantitative estimate of drug-likeness (QED) is 0.809. The number of amides is 1. The maximum atomic E-state index is 11.8. The molecule has 0 spiro atoms. The summed E-state index contributed by atoms with van der Waals surface area (Å²) in [5, 5.41) is 0. The molecule has 0 N–H and O–H groups in total. The maximum absolute atomic E-state index is 11.8. The van der Waals surface area contributed by atoms with Crippen molar-refractivity contribution in [3.05, 3.63) is 18.2 Å². The van der Waals surface area contributed by atoms with Crippen molar-refractivity contribution < 1.29 is 9.53 Å². The largest absolute Gasteiger partial charge is 0.450 e. The van der Waals surface area contributed by atoms with E-state index in [0.29, 0.717) is 12.6 Å². The molecule has 2 fully saturated rings. The van der Waals surface area contributed by atoms with Crippen molar-refractivity contribution in [3.8, 4) is 0 Å². The third kappa shape index (κ3) is 4.52. The van der Waals surface area contributed by atoms with Crippen LogP contribution in [0.1, 0.15) is 32.5 Å². The van der Waals surface area contributed by atoms with E-state index in [4.69, 9.17) is 4.74 Å². The molecule has 2 aliphatic heterocycles. The molecule has 1 aromatic heterocycles. The van der Waals surface area contributed by atoms with Crippen LogP contribution in [0.3, 0.4) is 0 Å². The molecule has 1 unspecified atom stereocenters. The fourth-order valence-corrected chi connectivity index (χ4v) is 3.94.